The van der Waals surface area contributed by atoms with Crippen molar-refractivity contribution in [3.63, 3.8) is 0 Å². The summed E-state index contributed by atoms with van der Waals surface area (Å²) in [5, 5.41) is 2.82. The molecule has 0 saturated carbocycles. The summed E-state index contributed by atoms with van der Waals surface area (Å²) < 4.78 is 33.9. The minimum absolute atomic E-state index is 0.167. The Morgan fingerprint density at radius 1 is 0.737 bits per heavy atom. The van der Waals surface area contributed by atoms with Crippen molar-refractivity contribution in [3.8, 4) is 28.7 Å². The molecule has 0 aliphatic carbocycles. The van der Waals surface area contributed by atoms with E-state index in [1.54, 1.807) is 49.6 Å². The van der Waals surface area contributed by atoms with Gasteiger partial charge in [0.2, 0.25) is 0 Å². The van der Waals surface area contributed by atoms with Crippen molar-refractivity contribution in [3.05, 3.63) is 95.9 Å². The van der Waals surface area contributed by atoms with Crippen molar-refractivity contribution in [2.75, 3.05) is 25.6 Å². The Labute approximate surface area is 222 Å². The topological polar surface area (TPSA) is 88.4 Å². The number of benzene rings is 3. The van der Waals surface area contributed by atoms with Gasteiger partial charge in [0.25, 0.3) is 5.91 Å². The molecule has 8 heteroatoms. The lowest BCUT2D eigenvalue weighted by Crippen LogP contribution is -2.10. The molecule has 4 aromatic rings. The van der Waals surface area contributed by atoms with Gasteiger partial charge in [0, 0.05) is 5.69 Å². The molecule has 1 amide bonds. The van der Waals surface area contributed by atoms with E-state index in [1.807, 2.05) is 50.2 Å². The maximum absolute atomic E-state index is 12.6. The summed E-state index contributed by atoms with van der Waals surface area (Å²) in [5.74, 6) is 3.64. The van der Waals surface area contributed by atoms with E-state index in [1.165, 1.54) is 0 Å². The minimum atomic E-state index is -0.361. The number of carbonyl (C=O) groups excluding carboxylic acids is 1. The van der Waals surface area contributed by atoms with E-state index < -0.39 is 0 Å². The molecule has 0 fully saturated rings. The van der Waals surface area contributed by atoms with Gasteiger partial charge in [-0.15, -0.1) is 0 Å². The summed E-state index contributed by atoms with van der Waals surface area (Å²) in [4.78, 5) is 12.6. The predicted octanol–water partition coefficient (Wildman–Crippen LogP) is 6.50. The van der Waals surface area contributed by atoms with Gasteiger partial charge >= 0.3 is 0 Å². The highest BCUT2D eigenvalue weighted by Crippen LogP contribution is 2.29. The summed E-state index contributed by atoms with van der Waals surface area (Å²) in [5.41, 5.74) is 1.57. The molecule has 0 spiro atoms. The van der Waals surface area contributed by atoms with Crippen LogP contribution in [-0.4, -0.2) is 26.2 Å². The van der Waals surface area contributed by atoms with Crippen LogP contribution in [0, 0.1) is 0 Å². The Bertz CT molecular complexity index is 1330. The number of rotatable bonds is 13. The molecule has 4 rings (SSSR count). The Hall–Kier alpha value is -4.59. The molecule has 0 atom stereocenters. The highest BCUT2D eigenvalue weighted by molar-refractivity contribution is 6.02. The number of hydrogen-bond acceptors (Lipinski definition) is 7. The van der Waals surface area contributed by atoms with E-state index in [4.69, 9.17) is 28.1 Å². The van der Waals surface area contributed by atoms with Crippen molar-refractivity contribution >= 4 is 11.6 Å². The van der Waals surface area contributed by atoms with Crippen LogP contribution in [-0.2, 0) is 13.2 Å². The first-order valence-corrected chi connectivity index (χ1v) is 12.4. The van der Waals surface area contributed by atoms with Crippen molar-refractivity contribution in [1.82, 2.24) is 0 Å². The van der Waals surface area contributed by atoms with Crippen molar-refractivity contribution in [2.24, 2.45) is 0 Å². The normalized spacial score (nSPS) is 10.5. The van der Waals surface area contributed by atoms with Crippen LogP contribution in [0.4, 0.5) is 5.69 Å². The van der Waals surface area contributed by atoms with Gasteiger partial charge in [-0.3, -0.25) is 4.79 Å². The van der Waals surface area contributed by atoms with E-state index in [2.05, 4.69) is 5.32 Å². The smallest absolute Gasteiger partial charge is 0.291 e. The average molecular weight is 518 g/mol. The molecular weight excluding hydrogens is 486 g/mol. The molecule has 3 aromatic carbocycles. The molecule has 1 heterocycles. The Morgan fingerprint density at radius 2 is 1.45 bits per heavy atom. The van der Waals surface area contributed by atoms with E-state index in [0.717, 1.165) is 5.56 Å². The molecule has 0 radical (unpaired) electrons. The second-order valence-corrected chi connectivity index (χ2v) is 8.12. The fraction of sp³-hybridized carbons (Fsp3) is 0.233. The zero-order chi connectivity index (χ0) is 26.7. The van der Waals surface area contributed by atoms with Crippen molar-refractivity contribution in [1.29, 1.82) is 0 Å². The summed E-state index contributed by atoms with van der Waals surface area (Å²) in [6.45, 7) is 5.52. The van der Waals surface area contributed by atoms with Gasteiger partial charge in [0.1, 0.15) is 24.7 Å². The standard InChI is InChI=1S/C30H31NO7/c1-4-34-27-16-10-21(18-29(27)35-5-2)19-36-23-13-11-22(12-14-23)31-30(32)28-17-15-24(38-28)20-37-26-9-7-6-8-25(26)33-3/h6-18H,4-5,19-20H2,1-3H3,(H,31,32). The third-order valence-corrected chi connectivity index (χ3v) is 5.45. The number of anilines is 1. The van der Waals surface area contributed by atoms with E-state index in [9.17, 15) is 4.79 Å². The number of carbonyl (C=O) groups is 1. The average Bonchev–Trinajstić information content (AvgIpc) is 3.42. The van der Waals surface area contributed by atoms with Gasteiger partial charge in [0.05, 0.1) is 20.3 Å². The zero-order valence-corrected chi connectivity index (χ0v) is 21.7. The lowest BCUT2D eigenvalue weighted by molar-refractivity contribution is 0.0992. The number of ether oxygens (including phenoxy) is 5. The largest absolute Gasteiger partial charge is 0.493 e. The minimum Gasteiger partial charge on any atom is -0.493 e. The number of furan rings is 1. The summed E-state index contributed by atoms with van der Waals surface area (Å²) >= 11 is 0. The molecule has 0 aliphatic heterocycles. The Kier molecular flexibility index (Phi) is 9.12. The number of hydrogen-bond donors (Lipinski definition) is 1. The number of nitrogens with one attached hydrogen (secondary N) is 1. The van der Waals surface area contributed by atoms with Gasteiger partial charge in [-0.1, -0.05) is 18.2 Å². The lowest BCUT2D eigenvalue weighted by atomic mass is 10.2. The third-order valence-electron chi connectivity index (χ3n) is 5.45. The number of methoxy groups -OCH3 is 1. The predicted molar refractivity (Wildman–Crippen MR) is 144 cm³/mol. The SMILES string of the molecule is CCOc1ccc(COc2ccc(NC(=O)c3ccc(COc4ccccc4OC)o3)cc2)cc1OCC. The summed E-state index contributed by atoms with van der Waals surface area (Å²) in [6.07, 6.45) is 0. The van der Waals surface area contributed by atoms with Crippen LogP contribution in [0.1, 0.15) is 35.7 Å². The second kappa shape index (κ2) is 13.1. The van der Waals surface area contributed by atoms with Crippen LogP contribution in [0.25, 0.3) is 0 Å². The van der Waals surface area contributed by atoms with E-state index >= 15 is 0 Å². The van der Waals surface area contributed by atoms with Crippen LogP contribution < -0.4 is 29.0 Å². The highest BCUT2D eigenvalue weighted by atomic mass is 16.5. The second-order valence-electron chi connectivity index (χ2n) is 8.12. The third kappa shape index (κ3) is 7.00. The maximum atomic E-state index is 12.6. The van der Waals surface area contributed by atoms with Crippen LogP contribution >= 0.6 is 0 Å². The molecule has 198 valence electrons. The summed E-state index contributed by atoms with van der Waals surface area (Å²) in [6, 6.07) is 23.5. The molecular formula is C30H31NO7. The molecule has 8 nitrogen and oxygen atoms in total. The zero-order valence-electron chi connectivity index (χ0n) is 21.7. The van der Waals surface area contributed by atoms with Crippen LogP contribution in [0.2, 0.25) is 0 Å². The number of amides is 1. The Morgan fingerprint density at radius 3 is 2.18 bits per heavy atom. The van der Waals surface area contributed by atoms with E-state index in [0.29, 0.717) is 60.0 Å². The fourth-order valence-corrected chi connectivity index (χ4v) is 3.64. The molecule has 0 aliphatic rings. The first-order chi connectivity index (χ1) is 18.6. The molecule has 1 N–H and O–H groups in total. The first-order valence-electron chi connectivity index (χ1n) is 12.4. The quantitative estimate of drug-likeness (QED) is 0.217. The van der Waals surface area contributed by atoms with Crippen LogP contribution in [0.5, 0.6) is 28.7 Å². The monoisotopic (exact) mass is 517 g/mol. The van der Waals surface area contributed by atoms with Crippen molar-refractivity contribution < 1.29 is 32.9 Å². The van der Waals surface area contributed by atoms with Gasteiger partial charge in [-0.25, -0.2) is 0 Å². The van der Waals surface area contributed by atoms with Gasteiger partial charge in [-0.05, 0) is 80.1 Å². The molecule has 0 saturated heterocycles. The lowest BCUT2D eigenvalue weighted by Gasteiger charge is -2.13. The molecule has 1 aromatic heterocycles. The molecule has 0 bridgehead atoms. The molecule has 38 heavy (non-hydrogen) atoms. The first kappa shape index (κ1) is 26.5. The summed E-state index contributed by atoms with van der Waals surface area (Å²) in [7, 11) is 1.58. The Balaban J connectivity index is 1.29. The van der Waals surface area contributed by atoms with Gasteiger partial charge < -0.3 is 33.4 Å². The van der Waals surface area contributed by atoms with Crippen molar-refractivity contribution in [2.45, 2.75) is 27.1 Å². The molecule has 0 unspecified atom stereocenters. The van der Waals surface area contributed by atoms with Crippen LogP contribution in [0.3, 0.4) is 0 Å². The van der Waals surface area contributed by atoms with Gasteiger partial charge in [-0.2, -0.15) is 0 Å². The number of para-hydroxylation sites is 2. The van der Waals surface area contributed by atoms with E-state index in [-0.39, 0.29) is 18.3 Å². The van der Waals surface area contributed by atoms with Gasteiger partial charge in [0.15, 0.2) is 28.8 Å². The highest BCUT2D eigenvalue weighted by Gasteiger charge is 2.13. The maximum Gasteiger partial charge on any atom is 0.291 e. The van der Waals surface area contributed by atoms with Crippen LogP contribution in [0.15, 0.2) is 83.3 Å². The fourth-order valence-electron chi connectivity index (χ4n) is 3.64.